The first kappa shape index (κ1) is 16.8. The number of nitrogens with one attached hydrogen (secondary N) is 2. The van der Waals surface area contributed by atoms with E-state index in [1.807, 2.05) is 17.5 Å². The molecule has 3 rings (SSSR count). The minimum Gasteiger partial charge on any atom is -0.462 e. The van der Waals surface area contributed by atoms with Crippen molar-refractivity contribution in [2.24, 2.45) is 0 Å². The predicted molar refractivity (Wildman–Crippen MR) is 95.5 cm³/mol. The van der Waals surface area contributed by atoms with Crippen molar-refractivity contribution in [3.63, 3.8) is 0 Å². The van der Waals surface area contributed by atoms with Gasteiger partial charge in [0.05, 0.1) is 12.2 Å². The predicted octanol–water partition coefficient (Wildman–Crippen LogP) is 2.74. The Hall–Kier alpha value is -3.00. The Bertz CT molecular complexity index is 904. The van der Waals surface area contributed by atoms with E-state index in [9.17, 15) is 9.59 Å². The minimum atomic E-state index is -0.375. The van der Waals surface area contributed by atoms with Crippen molar-refractivity contribution in [2.75, 3.05) is 11.9 Å². The summed E-state index contributed by atoms with van der Waals surface area (Å²) in [5.41, 5.74) is 1.21. The maximum atomic E-state index is 12.1. The van der Waals surface area contributed by atoms with Crippen LogP contribution >= 0.6 is 11.3 Å². The average molecular weight is 356 g/mol. The third kappa shape index (κ3) is 4.30. The maximum Gasteiger partial charge on any atom is 0.338 e. The second-order valence-corrected chi connectivity index (χ2v) is 6.16. The van der Waals surface area contributed by atoms with Crippen molar-refractivity contribution in [1.29, 1.82) is 0 Å². The molecule has 2 aromatic heterocycles. The molecule has 0 saturated heterocycles. The van der Waals surface area contributed by atoms with Crippen molar-refractivity contribution in [2.45, 2.75) is 13.3 Å². The number of ether oxygens (including phenoxy) is 1. The van der Waals surface area contributed by atoms with E-state index in [1.165, 1.54) is 0 Å². The smallest absolute Gasteiger partial charge is 0.338 e. The van der Waals surface area contributed by atoms with Gasteiger partial charge >= 0.3 is 5.97 Å². The molecule has 0 saturated carbocycles. The molecule has 0 fully saturated rings. The Balaban J connectivity index is 1.69. The lowest BCUT2D eigenvalue weighted by atomic mass is 10.2. The highest BCUT2D eigenvalue weighted by atomic mass is 32.1. The van der Waals surface area contributed by atoms with E-state index in [0.29, 0.717) is 30.0 Å². The molecule has 0 unspecified atom stereocenters. The molecule has 0 aliphatic heterocycles. The van der Waals surface area contributed by atoms with E-state index in [1.54, 1.807) is 42.5 Å². The van der Waals surface area contributed by atoms with Gasteiger partial charge in [-0.15, -0.1) is 21.5 Å². The minimum absolute atomic E-state index is 0.240. The molecule has 0 atom stereocenters. The summed E-state index contributed by atoms with van der Waals surface area (Å²) in [6.45, 7) is 2.08. The number of carbonyl (C=O) groups is 1. The highest BCUT2D eigenvalue weighted by molar-refractivity contribution is 7.09. The van der Waals surface area contributed by atoms with Crippen LogP contribution in [0.2, 0.25) is 0 Å². The zero-order valence-electron chi connectivity index (χ0n) is 13.5. The number of esters is 1. The average Bonchev–Trinajstić information content (AvgIpc) is 3.11. The van der Waals surface area contributed by atoms with Crippen molar-refractivity contribution in [3.05, 3.63) is 68.3 Å². The molecule has 7 nitrogen and oxygen atoms in total. The first-order valence-electron chi connectivity index (χ1n) is 7.68. The van der Waals surface area contributed by atoms with Crippen LogP contribution in [-0.4, -0.2) is 27.8 Å². The molecule has 8 heteroatoms. The Morgan fingerprint density at radius 2 is 2.04 bits per heavy atom. The van der Waals surface area contributed by atoms with E-state index in [2.05, 4.69) is 20.5 Å². The molecule has 1 aromatic carbocycles. The standard InChI is InChI=1S/C17H16N4O3S/c1-2-24-16(23)11-5-7-12(8-6-11)18-17-19-15(22)14(20-21-17)10-13-4-3-9-25-13/h3-9H,2,10H2,1H3,(H2,18,19,21,22). The molecule has 25 heavy (non-hydrogen) atoms. The van der Waals surface area contributed by atoms with Crippen molar-refractivity contribution in [1.82, 2.24) is 15.2 Å². The summed E-state index contributed by atoms with van der Waals surface area (Å²) < 4.78 is 4.93. The Morgan fingerprint density at radius 3 is 2.68 bits per heavy atom. The van der Waals surface area contributed by atoms with Crippen LogP contribution in [0.15, 0.2) is 46.6 Å². The van der Waals surface area contributed by atoms with E-state index >= 15 is 0 Å². The molecule has 2 heterocycles. The summed E-state index contributed by atoms with van der Waals surface area (Å²) in [6, 6.07) is 10.5. The molecule has 0 radical (unpaired) electrons. The SMILES string of the molecule is CCOC(=O)c1ccc(Nc2nnc(Cc3cccs3)c(=O)[nH]2)cc1. The number of H-pyrrole nitrogens is 1. The zero-order chi connectivity index (χ0) is 17.6. The number of hydrogen-bond donors (Lipinski definition) is 2. The Kier molecular flexibility index (Phi) is 5.20. The van der Waals surface area contributed by atoms with Gasteiger partial charge in [-0.1, -0.05) is 6.07 Å². The number of nitrogens with zero attached hydrogens (tertiary/aromatic N) is 2. The molecule has 0 aliphatic rings. The fraction of sp³-hybridized carbons (Fsp3) is 0.176. The van der Waals surface area contributed by atoms with Gasteiger partial charge in [-0.25, -0.2) is 4.79 Å². The molecular formula is C17H16N4O3S. The van der Waals surface area contributed by atoms with Crippen LogP contribution in [0.3, 0.4) is 0 Å². The first-order chi connectivity index (χ1) is 12.2. The largest absolute Gasteiger partial charge is 0.462 e. The van der Waals surface area contributed by atoms with Gasteiger partial charge in [0.1, 0.15) is 5.69 Å². The summed E-state index contributed by atoms with van der Waals surface area (Å²) in [5.74, 6) is -0.135. The van der Waals surface area contributed by atoms with Crippen molar-refractivity contribution >= 4 is 28.9 Å². The lowest BCUT2D eigenvalue weighted by Gasteiger charge is -2.06. The second kappa shape index (κ2) is 7.71. The van der Waals surface area contributed by atoms with E-state index in [-0.39, 0.29) is 17.5 Å². The normalized spacial score (nSPS) is 10.4. The Morgan fingerprint density at radius 1 is 1.24 bits per heavy atom. The quantitative estimate of drug-likeness (QED) is 0.659. The number of thiophene rings is 1. The van der Waals surface area contributed by atoms with Crippen LogP contribution < -0.4 is 10.9 Å². The highest BCUT2D eigenvalue weighted by Gasteiger charge is 2.08. The summed E-state index contributed by atoms with van der Waals surface area (Å²) in [4.78, 5) is 27.5. The molecule has 0 aliphatic carbocycles. The molecule has 0 bridgehead atoms. The summed E-state index contributed by atoms with van der Waals surface area (Å²) >= 11 is 1.57. The van der Waals surface area contributed by atoms with Gasteiger partial charge < -0.3 is 10.1 Å². The van der Waals surface area contributed by atoms with Crippen LogP contribution in [0.4, 0.5) is 11.6 Å². The highest BCUT2D eigenvalue weighted by Crippen LogP contribution is 2.14. The van der Waals surface area contributed by atoms with E-state index in [4.69, 9.17) is 4.74 Å². The summed E-state index contributed by atoms with van der Waals surface area (Å²) in [7, 11) is 0. The van der Waals surface area contributed by atoms with Gasteiger partial charge in [0, 0.05) is 17.0 Å². The van der Waals surface area contributed by atoms with Gasteiger partial charge in [-0.2, -0.15) is 0 Å². The van der Waals surface area contributed by atoms with Gasteiger partial charge in [0.2, 0.25) is 5.95 Å². The number of aromatic nitrogens is 3. The van der Waals surface area contributed by atoms with Gasteiger partial charge in [0.15, 0.2) is 0 Å². The fourth-order valence-electron chi connectivity index (χ4n) is 2.15. The number of aromatic amines is 1. The van der Waals surface area contributed by atoms with E-state index in [0.717, 1.165) is 4.88 Å². The zero-order valence-corrected chi connectivity index (χ0v) is 14.3. The van der Waals surface area contributed by atoms with Gasteiger partial charge in [0.25, 0.3) is 5.56 Å². The summed E-state index contributed by atoms with van der Waals surface area (Å²) in [6.07, 6.45) is 0.453. The fourth-order valence-corrected chi connectivity index (χ4v) is 2.86. The number of hydrogen-bond acceptors (Lipinski definition) is 7. The van der Waals surface area contributed by atoms with E-state index < -0.39 is 0 Å². The maximum absolute atomic E-state index is 12.1. The molecule has 3 aromatic rings. The number of carbonyl (C=O) groups excluding carboxylic acids is 1. The molecule has 0 amide bonds. The van der Waals surface area contributed by atoms with Crippen LogP contribution in [0.5, 0.6) is 0 Å². The lowest BCUT2D eigenvalue weighted by Crippen LogP contribution is -2.18. The number of anilines is 2. The molecule has 0 spiro atoms. The van der Waals surface area contributed by atoms with Crippen LogP contribution in [0.1, 0.15) is 27.9 Å². The van der Waals surface area contributed by atoms with Crippen LogP contribution in [0.25, 0.3) is 0 Å². The van der Waals surface area contributed by atoms with Crippen LogP contribution in [-0.2, 0) is 11.2 Å². The number of benzene rings is 1. The monoisotopic (exact) mass is 356 g/mol. The summed E-state index contributed by atoms with van der Waals surface area (Å²) in [5, 5.41) is 12.9. The van der Waals surface area contributed by atoms with Crippen molar-refractivity contribution < 1.29 is 9.53 Å². The Labute approximate surface area is 147 Å². The van der Waals surface area contributed by atoms with Crippen LogP contribution in [0, 0.1) is 0 Å². The first-order valence-corrected chi connectivity index (χ1v) is 8.56. The molecule has 128 valence electrons. The lowest BCUT2D eigenvalue weighted by molar-refractivity contribution is 0.0526. The number of rotatable bonds is 6. The second-order valence-electron chi connectivity index (χ2n) is 5.13. The third-order valence-corrected chi connectivity index (χ3v) is 4.22. The van der Waals surface area contributed by atoms with Gasteiger partial charge in [-0.05, 0) is 42.6 Å². The third-order valence-electron chi connectivity index (χ3n) is 3.35. The van der Waals surface area contributed by atoms with Gasteiger partial charge in [-0.3, -0.25) is 9.78 Å². The molecule has 2 N–H and O–H groups in total. The topological polar surface area (TPSA) is 97.0 Å². The van der Waals surface area contributed by atoms with Crippen molar-refractivity contribution in [3.8, 4) is 0 Å². The molecular weight excluding hydrogens is 340 g/mol.